The van der Waals surface area contributed by atoms with E-state index in [9.17, 15) is 44.7 Å². The second-order valence-corrected chi connectivity index (χ2v) is 14.5. The van der Waals surface area contributed by atoms with Crippen molar-refractivity contribution in [1.82, 2.24) is 13.7 Å². The Morgan fingerprint density at radius 1 is 0.467 bits per heavy atom. The van der Waals surface area contributed by atoms with E-state index in [1.807, 2.05) is 0 Å². The maximum Gasteiger partial charge on any atom is 0.364 e. The molecule has 4 aromatic rings. The van der Waals surface area contributed by atoms with Gasteiger partial charge in [-0.2, -0.15) is 0 Å². The number of ether oxygens (including phenoxy) is 3. The van der Waals surface area contributed by atoms with E-state index in [2.05, 4.69) is 0 Å². The molecule has 0 unspecified atom stereocenters. The van der Waals surface area contributed by atoms with E-state index in [1.165, 1.54) is 36.4 Å². The van der Waals surface area contributed by atoms with Gasteiger partial charge in [-0.05, 0) is 16.7 Å². The van der Waals surface area contributed by atoms with Gasteiger partial charge in [-0.25, -0.2) is 28.1 Å². The lowest BCUT2D eigenvalue weighted by atomic mass is 10.2. The summed E-state index contributed by atoms with van der Waals surface area (Å²) in [7, 11) is 0. The fourth-order valence-corrected chi connectivity index (χ4v) is 6.85. The molecule has 27 heteroatoms. The van der Waals surface area contributed by atoms with Crippen LogP contribution in [-0.2, 0) is 63.7 Å². The summed E-state index contributed by atoms with van der Waals surface area (Å²) in [6.45, 7) is -2.12. The Hall–Kier alpha value is -5.61. The van der Waals surface area contributed by atoms with Crippen molar-refractivity contribution in [2.24, 2.45) is 0 Å². The minimum absolute atomic E-state index is 0.0695. The number of hydrogen-bond acceptors (Lipinski definition) is 21. The summed E-state index contributed by atoms with van der Waals surface area (Å²) in [5.41, 5.74) is -1.11. The fourth-order valence-electron chi connectivity index (χ4n) is 4.57. The van der Waals surface area contributed by atoms with Crippen LogP contribution in [0.3, 0.4) is 0 Å². The van der Waals surface area contributed by atoms with Crippen LogP contribution in [0.5, 0.6) is 0 Å². The molecule has 1 heterocycles. The van der Waals surface area contributed by atoms with Crippen LogP contribution in [-0.4, -0.2) is 64.0 Å². The van der Waals surface area contributed by atoms with Gasteiger partial charge in [-0.3, -0.25) is 30.3 Å². The Morgan fingerprint density at radius 3 is 0.917 bits per heavy atom. The Labute approximate surface area is 366 Å². The van der Waals surface area contributed by atoms with E-state index in [0.29, 0.717) is 16.7 Å². The van der Waals surface area contributed by atoms with Gasteiger partial charge in [0.15, 0.2) is 0 Å². The summed E-state index contributed by atoms with van der Waals surface area (Å²) >= 11 is 17.9. The summed E-state index contributed by atoms with van der Waals surface area (Å²) < 4.78 is 34.2. The molecule has 0 aliphatic rings. The van der Waals surface area contributed by atoms with Crippen molar-refractivity contribution in [2.45, 2.75) is 36.9 Å². The second kappa shape index (κ2) is 23.8. The molecular weight excluding hydrogens is 913 g/mol. The maximum absolute atomic E-state index is 13.4. The molecule has 0 amide bonds. The van der Waals surface area contributed by atoms with Crippen molar-refractivity contribution in [2.75, 3.05) is 19.8 Å². The predicted molar refractivity (Wildman–Crippen MR) is 231 cm³/mol. The van der Waals surface area contributed by atoms with Crippen LogP contribution in [0.4, 0.5) is 17.1 Å². The topological polar surface area (TPSA) is 251 Å². The summed E-state index contributed by atoms with van der Waals surface area (Å²) in [6, 6.07) is 17.4. The van der Waals surface area contributed by atoms with Gasteiger partial charge in [0.25, 0.3) is 17.1 Å². The van der Waals surface area contributed by atoms with Gasteiger partial charge in [-0.15, -0.1) is 0 Å². The Bertz CT molecular complexity index is 2070. The molecule has 0 aliphatic carbocycles. The van der Waals surface area contributed by atoms with Crippen LogP contribution < -0.4 is 17.1 Å². The largest absolute Gasteiger partial charge is 0.454 e. The number of aromatic nitrogens is 3. The molecule has 0 aliphatic heterocycles. The van der Waals surface area contributed by atoms with Crippen LogP contribution in [0.2, 0.25) is 0 Å². The first kappa shape index (κ1) is 47.1. The molecule has 3 aromatic carbocycles. The Balaban J connectivity index is 1.34. The molecule has 0 saturated heterocycles. The minimum atomic E-state index is -1.00. The van der Waals surface area contributed by atoms with Gasteiger partial charge in [0.05, 0.1) is 87.8 Å². The molecule has 0 N–H and O–H groups in total. The van der Waals surface area contributed by atoms with E-state index in [-0.39, 0.29) is 89.5 Å². The molecule has 318 valence electrons. The van der Waals surface area contributed by atoms with Crippen LogP contribution >= 0.6 is 72.8 Å². The predicted octanol–water partition coefficient (Wildman–Crippen LogP) is 5.40. The maximum atomic E-state index is 13.4. The van der Waals surface area contributed by atoms with E-state index < -0.39 is 31.8 Å². The number of thiocarbonyl (C=S) groups is 3. The SMILES string of the molecule is O=c1n(CCOC(=S)OSCc2ccc([N+](=O)[O-])cc2)c(=O)n(CCOC(=S)OSCc2ccc([N+](=O)[O-])cc2)c(=O)n1CCOC(=S)OSCc1ccc([N+](=O)[O-])cc1. The normalized spacial score (nSPS) is 10.6. The number of nitro groups is 3. The molecule has 1 aromatic heterocycles. The average molecular weight is 943 g/mol. The molecular formula is C33H30N6O15S6. The Kier molecular flexibility index (Phi) is 18.7. The van der Waals surface area contributed by atoms with Crippen LogP contribution in [0, 0.1) is 30.3 Å². The first-order valence-electron chi connectivity index (χ1n) is 16.8. The third-order valence-corrected chi connectivity index (χ3v) is 10.6. The lowest BCUT2D eigenvalue weighted by Gasteiger charge is -2.15. The van der Waals surface area contributed by atoms with Crippen molar-refractivity contribution in [3.8, 4) is 0 Å². The number of nitrogens with zero attached hydrogens (tertiary/aromatic N) is 6. The first-order chi connectivity index (χ1) is 28.7. The first-order valence-corrected chi connectivity index (χ1v) is 20.7. The van der Waals surface area contributed by atoms with E-state index in [1.54, 1.807) is 36.4 Å². The van der Waals surface area contributed by atoms with Crippen LogP contribution in [0.15, 0.2) is 87.2 Å². The monoisotopic (exact) mass is 942 g/mol. The van der Waals surface area contributed by atoms with Gasteiger partial charge in [0.2, 0.25) is 0 Å². The van der Waals surface area contributed by atoms with Crippen LogP contribution in [0.25, 0.3) is 0 Å². The Morgan fingerprint density at radius 2 is 0.700 bits per heavy atom. The molecule has 60 heavy (non-hydrogen) atoms. The third-order valence-electron chi connectivity index (χ3n) is 7.49. The number of rotatable bonds is 21. The highest BCUT2D eigenvalue weighted by atomic mass is 32.2. The molecule has 21 nitrogen and oxygen atoms in total. The lowest BCUT2D eigenvalue weighted by molar-refractivity contribution is -0.385. The van der Waals surface area contributed by atoms with Crippen molar-refractivity contribution in [1.29, 1.82) is 0 Å². The standard InChI is InChI=1S/C33H30N6O15S6/c40-28-34(13-16-49-31(55)52-58-19-22-1-7-25(8-2-22)37(43)44)29(41)36(15-18-51-33(57)54-60-21-24-5-11-27(12-6-24)39(47)48)30(42)35(28)14-17-50-32(56)53-59-20-23-3-9-26(10-4-23)38(45)46/h1-12H,13-21H2. The summed E-state index contributed by atoms with van der Waals surface area (Å²) in [6.07, 6.45) is 0. The zero-order valence-electron chi connectivity index (χ0n) is 30.5. The highest BCUT2D eigenvalue weighted by Gasteiger charge is 2.18. The summed E-state index contributed by atoms with van der Waals surface area (Å²) in [4.78, 5) is 71.4. The number of non-ortho nitro benzene ring substituents is 3. The van der Waals surface area contributed by atoms with Crippen molar-refractivity contribution in [3.63, 3.8) is 0 Å². The lowest BCUT2D eigenvalue weighted by Crippen LogP contribution is -2.55. The summed E-state index contributed by atoms with van der Waals surface area (Å²) in [5.74, 6) is 0.794. The molecule has 0 radical (unpaired) electrons. The van der Waals surface area contributed by atoms with Gasteiger partial charge < -0.3 is 26.8 Å². The van der Waals surface area contributed by atoms with Gasteiger partial charge >= 0.3 is 32.8 Å². The molecule has 0 spiro atoms. The zero-order valence-corrected chi connectivity index (χ0v) is 35.4. The van der Waals surface area contributed by atoms with Crippen molar-refractivity contribution < 1.29 is 41.5 Å². The quantitative estimate of drug-likeness (QED) is 0.0439. The third kappa shape index (κ3) is 14.9. The smallest absolute Gasteiger partial charge is 0.364 e. The van der Waals surface area contributed by atoms with Gasteiger partial charge in [0.1, 0.15) is 19.8 Å². The molecule has 0 fully saturated rings. The van der Waals surface area contributed by atoms with E-state index in [0.717, 1.165) is 49.8 Å². The van der Waals surface area contributed by atoms with Gasteiger partial charge in [-0.1, -0.05) is 36.4 Å². The van der Waals surface area contributed by atoms with Crippen molar-refractivity contribution >= 4 is 106 Å². The fraction of sp³-hybridized carbons (Fsp3) is 0.273. The highest BCUT2D eigenvalue weighted by Crippen LogP contribution is 2.20. The van der Waals surface area contributed by atoms with Gasteiger partial charge in [0, 0.05) is 73.1 Å². The summed E-state index contributed by atoms with van der Waals surface area (Å²) in [5, 5.41) is 31.6. The number of hydrogen-bond donors (Lipinski definition) is 0. The molecule has 0 saturated carbocycles. The number of nitro benzene ring substituents is 3. The highest BCUT2D eigenvalue weighted by molar-refractivity contribution is 7.95. The molecule has 0 bridgehead atoms. The second-order valence-electron chi connectivity index (χ2n) is 11.4. The average Bonchev–Trinajstić information content (AvgIpc) is 3.22. The van der Waals surface area contributed by atoms with E-state index in [4.69, 9.17) is 63.4 Å². The minimum Gasteiger partial charge on any atom is -0.454 e. The zero-order chi connectivity index (χ0) is 43.6. The van der Waals surface area contributed by atoms with Crippen LogP contribution in [0.1, 0.15) is 16.7 Å². The van der Waals surface area contributed by atoms with E-state index >= 15 is 0 Å². The van der Waals surface area contributed by atoms with Crippen molar-refractivity contribution in [3.05, 3.63) is 151 Å². The number of benzene rings is 3. The molecule has 0 atom stereocenters. The molecule has 4 rings (SSSR count).